The summed E-state index contributed by atoms with van der Waals surface area (Å²) in [6.45, 7) is 5.96. The van der Waals surface area contributed by atoms with E-state index in [-0.39, 0.29) is 5.97 Å². The molecule has 0 radical (unpaired) electrons. The Morgan fingerprint density at radius 3 is 3.00 bits per heavy atom. The average Bonchev–Trinajstić information content (AvgIpc) is 2.91. The summed E-state index contributed by atoms with van der Waals surface area (Å²) >= 11 is 1.71. The number of hydrogen-bond donors (Lipinski definition) is 1. The van der Waals surface area contributed by atoms with Crippen molar-refractivity contribution in [3.8, 4) is 0 Å². The van der Waals surface area contributed by atoms with Gasteiger partial charge in [0.1, 0.15) is 5.54 Å². The van der Waals surface area contributed by atoms with Crippen LogP contribution in [0.3, 0.4) is 0 Å². The Morgan fingerprint density at radius 1 is 1.50 bits per heavy atom. The molecule has 1 unspecified atom stereocenters. The van der Waals surface area contributed by atoms with E-state index in [1.807, 2.05) is 6.07 Å². The lowest BCUT2D eigenvalue weighted by Crippen LogP contribution is -2.52. The van der Waals surface area contributed by atoms with E-state index in [4.69, 9.17) is 4.74 Å². The number of hydrogen-bond acceptors (Lipinski definition) is 5. The Labute approximate surface area is 125 Å². The van der Waals surface area contributed by atoms with Gasteiger partial charge in [0.05, 0.1) is 7.11 Å². The second-order valence-electron chi connectivity index (χ2n) is 5.29. The zero-order valence-corrected chi connectivity index (χ0v) is 13.2. The van der Waals surface area contributed by atoms with Crippen LogP contribution in [0.25, 0.3) is 0 Å². The zero-order valence-electron chi connectivity index (χ0n) is 12.4. The van der Waals surface area contributed by atoms with Crippen molar-refractivity contribution < 1.29 is 9.53 Å². The Bertz CT molecular complexity index is 422. The summed E-state index contributed by atoms with van der Waals surface area (Å²) in [6, 6.07) is 4.14. The molecule has 112 valence electrons. The molecule has 1 aliphatic heterocycles. The van der Waals surface area contributed by atoms with E-state index in [9.17, 15) is 4.79 Å². The summed E-state index contributed by atoms with van der Waals surface area (Å²) in [5.41, 5.74) is -0.525. The van der Waals surface area contributed by atoms with Gasteiger partial charge >= 0.3 is 5.97 Å². The largest absolute Gasteiger partial charge is 0.468 e. The van der Waals surface area contributed by atoms with Crippen LogP contribution in [0.15, 0.2) is 17.5 Å². The fraction of sp³-hybridized carbons (Fsp3) is 0.667. The summed E-state index contributed by atoms with van der Waals surface area (Å²) in [5, 5.41) is 5.55. The lowest BCUT2D eigenvalue weighted by molar-refractivity contribution is -0.149. The van der Waals surface area contributed by atoms with Crippen molar-refractivity contribution >= 4 is 17.3 Å². The first-order valence-corrected chi connectivity index (χ1v) is 8.16. The number of likely N-dealkylation sites (tertiary alicyclic amines) is 1. The molecule has 2 heterocycles. The summed E-state index contributed by atoms with van der Waals surface area (Å²) < 4.78 is 5.07. The number of carbonyl (C=O) groups is 1. The molecule has 20 heavy (non-hydrogen) atoms. The number of thiophene rings is 1. The third-order valence-electron chi connectivity index (χ3n) is 4.14. The number of ether oxygens (including phenoxy) is 1. The Balaban J connectivity index is 2.06. The third kappa shape index (κ3) is 3.59. The van der Waals surface area contributed by atoms with Crippen LogP contribution >= 0.6 is 11.3 Å². The van der Waals surface area contributed by atoms with Crippen LogP contribution in [0.4, 0.5) is 0 Å². The van der Waals surface area contributed by atoms with E-state index in [0.717, 1.165) is 45.4 Å². The normalized spacial score (nSPS) is 24.3. The van der Waals surface area contributed by atoms with Crippen molar-refractivity contribution in [2.45, 2.75) is 38.3 Å². The van der Waals surface area contributed by atoms with Crippen LogP contribution in [0.5, 0.6) is 0 Å². The molecule has 1 atom stereocenters. The van der Waals surface area contributed by atoms with Gasteiger partial charge in [0.2, 0.25) is 0 Å². The Kier molecular flexibility index (Phi) is 5.57. The van der Waals surface area contributed by atoms with E-state index in [1.54, 1.807) is 11.3 Å². The van der Waals surface area contributed by atoms with Gasteiger partial charge in [-0.2, -0.15) is 0 Å². The molecule has 0 amide bonds. The van der Waals surface area contributed by atoms with E-state index in [2.05, 4.69) is 28.6 Å². The van der Waals surface area contributed by atoms with E-state index < -0.39 is 5.54 Å². The summed E-state index contributed by atoms with van der Waals surface area (Å²) in [4.78, 5) is 16.0. The number of nitrogens with one attached hydrogen (secondary N) is 1. The molecule has 1 aromatic heterocycles. The molecule has 0 spiro atoms. The van der Waals surface area contributed by atoms with Crippen LogP contribution in [0.1, 0.15) is 31.1 Å². The number of esters is 1. The maximum absolute atomic E-state index is 12.3. The minimum Gasteiger partial charge on any atom is -0.468 e. The maximum atomic E-state index is 12.3. The molecule has 0 bridgehead atoms. The molecular weight excluding hydrogens is 272 g/mol. The van der Waals surface area contributed by atoms with Gasteiger partial charge in [-0.1, -0.05) is 13.0 Å². The van der Waals surface area contributed by atoms with E-state index in [1.165, 1.54) is 12.0 Å². The van der Waals surface area contributed by atoms with Gasteiger partial charge in [0.25, 0.3) is 0 Å². The minimum absolute atomic E-state index is 0.119. The summed E-state index contributed by atoms with van der Waals surface area (Å²) in [6.07, 6.45) is 2.70. The standard InChI is InChI=1S/C15H24N2O2S/c1-3-17-9-5-7-15(8-10-17,14(18)19-2)16-12-13-6-4-11-20-13/h4,6,11,16H,3,5,7-10,12H2,1-2H3. The zero-order chi connectivity index (χ0) is 14.4. The molecule has 5 heteroatoms. The van der Waals surface area contributed by atoms with Gasteiger partial charge in [0, 0.05) is 18.0 Å². The summed E-state index contributed by atoms with van der Waals surface area (Å²) in [5.74, 6) is -0.119. The predicted octanol–water partition coefficient (Wildman–Crippen LogP) is 2.26. The SMILES string of the molecule is CCN1CCCC(NCc2cccs2)(C(=O)OC)CC1. The Morgan fingerprint density at radius 2 is 2.35 bits per heavy atom. The van der Waals surface area contributed by atoms with Crippen molar-refractivity contribution in [3.63, 3.8) is 0 Å². The van der Waals surface area contributed by atoms with Gasteiger partial charge in [0.15, 0.2) is 0 Å². The van der Waals surface area contributed by atoms with Gasteiger partial charge in [-0.25, -0.2) is 0 Å². The molecule has 1 aromatic rings. The minimum atomic E-state index is -0.525. The molecule has 0 aliphatic carbocycles. The Hall–Kier alpha value is -0.910. The van der Waals surface area contributed by atoms with Crippen LogP contribution in [0.2, 0.25) is 0 Å². The number of rotatable bonds is 5. The molecule has 0 aromatic carbocycles. The van der Waals surface area contributed by atoms with Gasteiger partial charge in [-0.3, -0.25) is 10.1 Å². The van der Waals surface area contributed by atoms with E-state index >= 15 is 0 Å². The number of nitrogens with zero attached hydrogens (tertiary/aromatic N) is 1. The molecule has 1 aliphatic rings. The van der Waals surface area contributed by atoms with Crippen molar-refractivity contribution in [2.75, 3.05) is 26.7 Å². The topological polar surface area (TPSA) is 41.6 Å². The summed E-state index contributed by atoms with van der Waals surface area (Å²) in [7, 11) is 1.49. The fourth-order valence-electron chi connectivity index (χ4n) is 2.82. The quantitative estimate of drug-likeness (QED) is 0.846. The van der Waals surface area contributed by atoms with E-state index in [0.29, 0.717) is 0 Å². The highest BCUT2D eigenvalue weighted by Gasteiger charge is 2.40. The highest BCUT2D eigenvalue weighted by molar-refractivity contribution is 7.09. The lowest BCUT2D eigenvalue weighted by atomic mass is 9.90. The molecule has 4 nitrogen and oxygen atoms in total. The molecule has 1 N–H and O–H groups in total. The first-order chi connectivity index (χ1) is 9.70. The third-order valence-corrected chi connectivity index (χ3v) is 5.01. The molecule has 2 rings (SSSR count). The van der Waals surface area contributed by atoms with Gasteiger partial charge in [-0.05, 0) is 43.8 Å². The molecule has 1 saturated heterocycles. The highest BCUT2D eigenvalue weighted by Crippen LogP contribution is 2.25. The lowest BCUT2D eigenvalue weighted by Gasteiger charge is -2.31. The van der Waals surface area contributed by atoms with Gasteiger partial charge in [-0.15, -0.1) is 11.3 Å². The first-order valence-electron chi connectivity index (χ1n) is 7.28. The van der Waals surface area contributed by atoms with Crippen molar-refractivity contribution in [1.29, 1.82) is 0 Å². The van der Waals surface area contributed by atoms with Crippen molar-refractivity contribution in [2.24, 2.45) is 0 Å². The average molecular weight is 296 g/mol. The highest BCUT2D eigenvalue weighted by atomic mass is 32.1. The van der Waals surface area contributed by atoms with Crippen molar-refractivity contribution in [1.82, 2.24) is 10.2 Å². The fourth-order valence-corrected chi connectivity index (χ4v) is 3.47. The molecule has 0 saturated carbocycles. The van der Waals surface area contributed by atoms with Crippen LogP contribution in [-0.4, -0.2) is 43.2 Å². The maximum Gasteiger partial charge on any atom is 0.326 e. The first kappa shape index (κ1) is 15.5. The van der Waals surface area contributed by atoms with Gasteiger partial charge < -0.3 is 9.64 Å². The second-order valence-corrected chi connectivity index (χ2v) is 6.33. The van der Waals surface area contributed by atoms with Crippen LogP contribution in [0, 0.1) is 0 Å². The number of methoxy groups -OCH3 is 1. The van der Waals surface area contributed by atoms with Crippen molar-refractivity contribution in [3.05, 3.63) is 22.4 Å². The molecule has 1 fully saturated rings. The monoisotopic (exact) mass is 296 g/mol. The predicted molar refractivity (Wildman–Crippen MR) is 81.9 cm³/mol. The smallest absolute Gasteiger partial charge is 0.326 e. The van der Waals surface area contributed by atoms with Crippen LogP contribution in [-0.2, 0) is 16.1 Å². The molecular formula is C15H24N2O2S. The number of carbonyl (C=O) groups excluding carboxylic acids is 1. The second kappa shape index (κ2) is 7.20. The van der Waals surface area contributed by atoms with Crippen LogP contribution < -0.4 is 5.32 Å².